The van der Waals surface area contributed by atoms with Crippen molar-refractivity contribution in [1.82, 2.24) is 4.90 Å². The van der Waals surface area contributed by atoms with Gasteiger partial charge < -0.3 is 14.9 Å². The number of aromatic carboxylic acids is 1. The molecule has 0 spiro atoms. The number of hydrogen-bond acceptors (Lipinski definition) is 4. The Balaban J connectivity index is 1.53. The van der Waals surface area contributed by atoms with Gasteiger partial charge in [-0.2, -0.15) is 0 Å². The molecule has 148 valence electrons. The van der Waals surface area contributed by atoms with E-state index in [1.807, 2.05) is 36.4 Å². The van der Waals surface area contributed by atoms with E-state index in [0.717, 1.165) is 43.5 Å². The molecule has 1 aliphatic heterocycles. The van der Waals surface area contributed by atoms with Gasteiger partial charge in [-0.3, -0.25) is 4.90 Å². The SMILES string of the molecule is COc1ccc(CN2C[C@@H]3CCC[C@@](O)(c4ccccc4)[C@@H]3C2)cc1C(=O)O. The standard InChI is InChI=1S/C23H27NO4/c1-28-21-10-9-16(12-19(21)22(25)26)13-24-14-17-6-5-11-23(27,20(17)15-24)18-7-3-2-4-8-18/h2-4,7-10,12,17,20,27H,5-6,11,13-15H2,1H3,(H,25,26)/t17-,20+,23+/m0/s1. The number of methoxy groups -OCH3 is 1. The second kappa shape index (κ2) is 7.57. The number of carboxylic acid groups (broad SMARTS) is 1. The smallest absolute Gasteiger partial charge is 0.339 e. The van der Waals surface area contributed by atoms with Gasteiger partial charge in [0.15, 0.2) is 0 Å². The van der Waals surface area contributed by atoms with Crippen LogP contribution in [0.3, 0.4) is 0 Å². The molecule has 0 aromatic heterocycles. The van der Waals surface area contributed by atoms with Crippen molar-refractivity contribution in [1.29, 1.82) is 0 Å². The summed E-state index contributed by atoms with van der Waals surface area (Å²) in [7, 11) is 1.48. The maximum absolute atomic E-state index is 11.6. The Kier molecular flexibility index (Phi) is 5.13. The van der Waals surface area contributed by atoms with Crippen molar-refractivity contribution in [3.63, 3.8) is 0 Å². The monoisotopic (exact) mass is 381 g/mol. The van der Waals surface area contributed by atoms with Crippen LogP contribution >= 0.6 is 0 Å². The lowest BCUT2D eigenvalue weighted by atomic mass is 9.67. The van der Waals surface area contributed by atoms with Crippen LogP contribution in [0.15, 0.2) is 48.5 Å². The zero-order valence-corrected chi connectivity index (χ0v) is 16.2. The van der Waals surface area contributed by atoms with Gasteiger partial charge in [0.2, 0.25) is 0 Å². The van der Waals surface area contributed by atoms with Crippen LogP contribution in [0.5, 0.6) is 5.75 Å². The number of aliphatic hydroxyl groups is 1. The first-order valence-electron chi connectivity index (χ1n) is 9.91. The number of likely N-dealkylation sites (tertiary alicyclic amines) is 1. The van der Waals surface area contributed by atoms with E-state index in [1.165, 1.54) is 7.11 Å². The van der Waals surface area contributed by atoms with Crippen molar-refractivity contribution in [2.75, 3.05) is 20.2 Å². The third-order valence-electron chi connectivity index (χ3n) is 6.44. The number of fused-ring (bicyclic) bond motifs is 1. The normalized spacial score (nSPS) is 27.4. The van der Waals surface area contributed by atoms with Crippen LogP contribution in [0.4, 0.5) is 0 Å². The summed E-state index contributed by atoms with van der Waals surface area (Å²) in [6.07, 6.45) is 2.98. The van der Waals surface area contributed by atoms with Crippen LogP contribution in [0, 0.1) is 11.8 Å². The molecule has 4 rings (SSSR count). The number of rotatable bonds is 5. The summed E-state index contributed by atoms with van der Waals surface area (Å²) in [5.41, 5.74) is 1.40. The molecular formula is C23H27NO4. The van der Waals surface area contributed by atoms with Crippen LogP contribution in [0.2, 0.25) is 0 Å². The number of hydrogen-bond donors (Lipinski definition) is 2. The van der Waals surface area contributed by atoms with Crippen LogP contribution in [-0.2, 0) is 12.1 Å². The van der Waals surface area contributed by atoms with E-state index in [9.17, 15) is 15.0 Å². The summed E-state index contributed by atoms with van der Waals surface area (Å²) in [5.74, 6) is 0.0778. The summed E-state index contributed by atoms with van der Waals surface area (Å²) in [6, 6.07) is 15.4. The van der Waals surface area contributed by atoms with Gasteiger partial charge in [0.05, 0.1) is 12.7 Å². The summed E-state index contributed by atoms with van der Waals surface area (Å²) in [4.78, 5) is 13.8. The van der Waals surface area contributed by atoms with Crippen LogP contribution in [-0.4, -0.2) is 41.3 Å². The Morgan fingerprint density at radius 1 is 1.21 bits per heavy atom. The zero-order chi connectivity index (χ0) is 19.7. The van der Waals surface area contributed by atoms with Gasteiger partial charge in [-0.25, -0.2) is 4.79 Å². The third kappa shape index (κ3) is 3.40. The van der Waals surface area contributed by atoms with E-state index in [-0.39, 0.29) is 11.5 Å². The average Bonchev–Trinajstić information content (AvgIpc) is 3.12. The van der Waals surface area contributed by atoms with Crippen molar-refractivity contribution in [2.45, 2.75) is 31.4 Å². The van der Waals surface area contributed by atoms with Crippen LogP contribution in [0.1, 0.15) is 40.7 Å². The largest absolute Gasteiger partial charge is 0.496 e. The minimum absolute atomic E-state index is 0.192. The predicted molar refractivity (Wildman–Crippen MR) is 106 cm³/mol. The molecule has 2 fully saturated rings. The Bertz CT molecular complexity index is 853. The predicted octanol–water partition coefficient (Wildman–Crippen LogP) is 3.51. The molecule has 1 saturated heterocycles. The van der Waals surface area contributed by atoms with Gasteiger partial charge in [0, 0.05) is 25.6 Å². The average molecular weight is 381 g/mol. The number of carboxylic acids is 1. The fourth-order valence-corrected chi connectivity index (χ4v) is 5.11. The van der Waals surface area contributed by atoms with E-state index in [4.69, 9.17) is 4.74 Å². The molecular weight excluding hydrogens is 354 g/mol. The van der Waals surface area contributed by atoms with Crippen molar-refractivity contribution < 1.29 is 19.7 Å². The fraction of sp³-hybridized carbons (Fsp3) is 0.435. The quantitative estimate of drug-likeness (QED) is 0.829. The van der Waals surface area contributed by atoms with Crippen molar-refractivity contribution >= 4 is 5.97 Å². The van der Waals surface area contributed by atoms with Crippen LogP contribution in [0.25, 0.3) is 0 Å². The summed E-state index contributed by atoms with van der Waals surface area (Å²) in [6.45, 7) is 2.45. The first-order valence-corrected chi connectivity index (χ1v) is 9.91. The molecule has 0 amide bonds. The minimum Gasteiger partial charge on any atom is -0.496 e. The Labute approximate surface area is 165 Å². The first-order chi connectivity index (χ1) is 13.5. The molecule has 3 atom stereocenters. The highest BCUT2D eigenvalue weighted by atomic mass is 16.5. The van der Waals surface area contributed by atoms with Gasteiger partial charge in [-0.05, 0) is 48.4 Å². The summed E-state index contributed by atoms with van der Waals surface area (Å²) < 4.78 is 5.16. The Hall–Kier alpha value is -2.37. The highest BCUT2D eigenvalue weighted by molar-refractivity contribution is 5.91. The maximum atomic E-state index is 11.6. The second-order valence-corrected chi connectivity index (χ2v) is 8.08. The molecule has 0 radical (unpaired) electrons. The zero-order valence-electron chi connectivity index (χ0n) is 16.2. The Morgan fingerprint density at radius 3 is 2.71 bits per heavy atom. The maximum Gasteiger partial charge on any atom is 0.339 e. The first kappa shape index (κ1) is 19.0. The lowest BCUT2D eigenvalue weighted by Gasteiger charge is -2.41. The van der Waals surface area contributed by atoms with Crippen molar-refractivity contribution in [2.24, 2.45) is 11.8 Å². The summed E-state index contributed by atoms with van der Waals surface area (Å²) >= 11 is 0. The van der Waals surface area contributed by atoms with Crippen molar-refractivity contribution in [3.8, 4) is 5.75 Å². The van der Waals surface area contributed by atoms with E-state index in [2.05, 4.69) is 4.90 Å². The lowest BCUT2D eigenvalue weighted by Crippen LogP contribution is -2.42. The van der Waals surface area contributed by atoms with Gasteiger partial charge >= 0.3 is 5.97 Å². The number of carbonyl (C=O) groups is 1. The molecule has 5 nitrogen and oxygen atoms in total. The van der Waals surface area contributed by atoms with Crippen molar-refractivity contribution in [3.05, 3.63) is 65.2 Å². The van der Waals surface area contributed by atoms with Crippen LogP contribution < -0.4 is 4.74 Å². The highest BCUT2D eigenvalue weighted by Crippen LogP contribution is 2.48. The Morgan fingerprint density at radius 2 is 2.00 bits per heavy atom. The molecule has 2 aliphatic rings. The molecule has 2 aromatic carbocycles. The van der Waals surface area contributed by atoms with Gasteiger partial charge in [-0.1, -0.05) is 36.4 Å². The molecule has 0 unspecified atom stereocenters. The molecule has 1 saturated carbocycles. The second-order valence-electron chi connectivity index (χ2n) is 8.08. The topological polar surface area (TPSA) is 70.0 Å². The number of nitrogens with zero attached hydrogens (tertiary/aromatic N) is 1. The molecule has 5 heteroatoms. The molecule has 2 aromatic rings. The number of ether oxygens (including phenoxy) is 1. The van der Waals surface area contributed by atoms with Gasteiger partial charge in [-0.15, -0.1) is 0 Å². The fourth-order valence-electron chi connectivity index (χ4n) is 5.11. The molecule has 0 bridgehead atoms. The molecule has 1 aliphatic carbocycles. The van der Waals surface area contributed by atoms with E-state index < -0.39 is 11.6 Å². The van der Waals surface area contributed by atoms with E-state index in [1.54, 1.807) is 12.1 Å². The lowest BCUT2D eigenvalue weighted by molar-refractivity contribution is -0.0648. The van der Waals surface area contributed by atoms with Gasteiger partial charge in [0.25, 0.3) is 0 Å². The van der Waals surface area contributed by atoms with E-state index >= 15 is 0 Å². The minimum atomic E-state index is -0.979. The number of benzene rings is 2. The summed E-state index contributed by atoms with van der Waals surface area (Å²) in [5, 5.41) is 21.0. The molecule has 28 heavy (non-hydrogen) atoms. The highest BCUT2D eigenvalue weighted by Gasteiger charge is 2.49. The third-order valence-corrected chi connectivity index (χ3v) is 6.44. The molecule has 2 N–H and O–H groups in total. The van der Waals surface area contributed by atoms with E-state index in [0.29, 0.717) is 18.2 Å². The molecule has 1 heterocycles. The van der Waals surface area contributed by atoms with Gasteiger partial charge in [0.1, 0.15) is 11.3 Å².